The highest BCUT2D eigenvalue weighted by molar-refractivity contribution is 6.12. The standard InChI is InChI=1S/C31H26N2.C25H19N.C23H25N.2C19H15N/c1-25-22-30(32(26-14-6-2-7-15-26)27-16-8-3-9-17-27)24-31(23-25)33(28-18-10-4-11-19-28)29-20-12-5-13-21-29;1-18-11-14-21(15-12-18)26-24-10-6-5-9-22(24)23-17-20(13-16-25(23)26)19-7-3-2-4-8-19;1-16-6-8-21(9-7-16)24(22-12-17(2)10-18(3)13-22)23-14-19(4)11-20(5)15-23;1-14-7-6-8-15(13-14)20-18-11-4-2-9-16(18)17-10-3-5-12-19(17)20;1-14-10-12-15(13-11-14)20-18-8-4-2-6-16(18)17-7-3-5-9-19(17)20/h2-24H,1H3;2-17H,1H3;6-15H,1-5H3;2*2-13H,1H3. The molecule has 123 heavy (non-hydrogen) atoms. The lowest BCUT2D eigenvalue weighted by atomic mass is 10.0. The van der Waals surface area contributed by atoms with E-state index in [0.29, 0.717) is 0 Å². The van der Waals surface area contributed by atoms with Crippen LogP contribution >= 0.6 is 0 Å². The summed E-state index contributed by atoms with van der Waals surface area (Å²) in [6.45, 7) is 19.3. The second-order valence-corrected chi connectivity index (χ2v) is 32.1. The summed E-state index contributed by atoms with van der Waals surface area (Å²) < 4.78 is 7.04. The zero-order valence-corrected chi connectivity index (χ0v) is 71.3. The van der Waals surface area contributed by atoms with Crippen LogP contribution in [0.5, 0.6) is 0 Å². The topological polar surface area (TPSA) is 24.5 Å². The summed E-state index contributed by atoms with van der Waals surface area (Å²) in [5.41, 5.74) is 35.5. The first-order valence-electron chi connectivity index (χ1n) is 42.4. The summed E-state index contributed by atoms with van der Waals surface area (Å²) in [4.78, 5) is 6.97. The van der Waals surface area contributed by atoms with Gasteiger partial charge < -0.3 is 28.4 Å². The Balaban J connectivity index is 0.000000110. The summed E-state index contributed by atoms with van der Waals surface area (Å²) in [6, 6.07) is 158. The summed E-state index contributed by atoms with van der Waals surface area (Å²) in [5.74, 6) is 0. The van der Waals surface area contributed by atoms with Gasteiger partial charge in [0.15, 0.2) is 0 Å². The molecule has 0 N–H and O–H groups in total. The number of nitrogens with zero attached hydrogens (tertiary/aromatic N) is 6. The number of benzene rings is 18. The summed E-state index contributed by atoms with van der Waals surface area (Å²) in [7, 11) is 0. The third kappa shape index (κ3) is 17.8. The van der Waals surface area contributed by atoms with Crippen molar-refractivity contribution in [2.45, 2.75) is 62.3 Å². The van der Waals surface area contributed by atoms with Gasteiger partial charge in [-0.25, -0.2) is 0 Å². The van der Waals surface area contributed by atoms with Crippen LogP contribution in [0.2, 0.25) is 0 Å². The molecule has 21 rings (SSSR count). The smallest absolute Gasteiger partial charge is 0.0541 e. The van der Waals surface area contributed by atoms with Crippen molar-refractivity contribution in [2.24, 2.45) is 0 Å². The average molecular weight is 1590 g/mol. The van der Waals surface area contributed by atoms with Gasteiger partial charge in [0.1, 0.15) is 0 Å². The summed E-state index contributed by atoms with van der Waals surface area (Å²) >= 11 is 0. The van der Waals surface area contributed by atoms with Crippen LogP contribution < -0.4 is 14.7 Å². The van der Waals surface area contributed by atoms with Crippen LogP contribution in [0.25, 0.3) is 93.6 Å². The minimum absolute atomic E-state index is 1.12. The molecule has 18 aromatic carbocycles. The van der Waals surface area contributed by atoms with Gasteiger partial charge in [0.25, 0.3) is 0 Å². The molecule has 6 heteroatoms. The van der Waals surface area contributed by atoms with Crippen molar-refractivity contribution in [3.8, 4) is 28.2 Å². The minimum atomic E-state index is 1.12. The molecule has 0 fully saturated rings. The van der Waals surface area contributed by atoms with Gasteiger partial charge in [-0.1, -0.05) is 278 Å². The predicted molar refractivity (Wildman–Crippen MR) is 527 cm³/mol. The fourth-order valence-electron chi connectivity index (χ4n) is 17.1. The SMILES string of the molecule is Cc1cc(N(c2ccccc2)c2ccccc2)cc(N(c2ccccc2)c2ccccc2)c1.Cc1ccc(-n2c3ccccc3c3cc(-c4ccccc4)ccc32)cc1.Cc1ccc(-n2c3ccccc3c3ccccc32)cc1.Cc1ccc(N(c2cc(C)cc(C)c2)c2cc(C)cc(C)c2)cc1.Cc1cccc(-n2c3ccccc3c3ccccc32)c1. The van der Waals surface area contributed by atoms with Gasteiger partial charge in [-0.3, -0.25) is 0 Å². The molecule has 0 bridgehead atoms. The number of anilines is 9. The lowest BCUT2D eigenvalue weighted by Crippen LogP contribution is -2.13. The van der Waals surface area contributed by atoms with Crippen molar-refractivity contribution in [1.29, 1.82) is 0 Å². The van der Waals surface area contributed by atoms with E-state index in [2.05, 4.69) is 534 Å². The van der Waals surface area contributed by atoms with Gasteiger partial charge in [0.2, 0.25) is 0 Å². The molecule has 598 valence electrons. The quantitative estimate of drug-likeness (QED) is 0.115. The number of aromatic nitrogens is 3. The number of fused-ring (bicyclic) bond motifs is 9. The molecule has 3 heterocycles. The lowest BCUT2D eigenvalue weighted by molar-refractivity contribution is 1.17. The minimum Gasteiger partial charge on any atom is -0.310 e. The Bertz CT molecular complexity index is 6810. The molecule has 0 spiro atoms. The molecule has 0 radical (unpaired) electrons. The normalized spacial score (nSPS) is 11.0. The maximum atomic E-state index is 2.36. The van der Waals surface area contributed by atoms with Gasteiger partial charge >= 0.3 is 0 Å². The van der Waals surface area contributed by atoms with Crippen molar-refractivity contribution in [2.75, 3.05) is 14.7 Å². The highest BCUT2D eigenvalue weighted by Crippen LogP contribution is 2.44. The van der Waals surface area contributed by atoms with Crippen LogP contribution in [0, 0.1) is 62.3 Å². The van der Waals surface area contributed by atoms with Crippen LogP contribution in [0.15, 0.2) is 443 Å². The number of para-hydroxylation sites is 9. The molecule has 0 aliphatic rings. The zero-order chi connectivity index (χ0) is 84.3. The Morgan fingerprint density at radius 3 is 0.756 bits per heavy atom. The van der Waals surface area contributed by atoms with E-state index in [1.54, 1.807) is 0 Å². The van der Waals surface area contributed by atoms with E-state index in [-0.39, 0.29) is 0 Å². The molecule has 0 atom stereocenters. The third-order valence-corrected chi connectivity index (χ3v) is 22.6. The molecule has 0 amide bonds. The van der Waals surface area contributed by atoms with Gasteiger partial charge in [0.05, 0.1) is 33.1 Å². The van der Waals surface area contributed by atoms with Gasteiger partial charge in [-0.05, 0) is 289 Å². The molecule has 0 aliphatic carbocycles. The molecule has 0 aliphatic heterocycles. The molecule has 0 unspecified atom stereocenters. The van der Waals surface area contributed by atoms with E-state index in [1.807, 2.05) is 0 Å². The number of hydrogen-bond donors (Lipinski definition) is 0. The second-order valence-electron chi connectivity index (χ2n) is 32.1. The first-order valence-corrected chi connectivity index (χ1v) is 42.4. The molecular formula is C117H100N6. The Morgan fingerprint density at radius 1 is 0.138 bits per heavy atom. The monoisotopic (exact) mass is 1590 g/mol. The molecule has 3 aromatic heterocycles. The van der Waals surface area contributed by atoms with Crippen molar-refractivity contribution < 1.29 is 0 Å². The maximum Gasteiger partial charge on any atom is 0.0541 e. The summed E-state index contributed by atoms with van der Waals surface area (Å²) in [5, 5.41) is 7.82. The molecule has 6 nitrogen and oxygen atoms in total. The van der Waals surface area contributed by atoms with Gasteiger partial charge in [-0.15, -0.1) is 0 Å². The van der Waals surface area contributed by atoms with E-state index >= 15 is 0 Å². The molecule has 21 aromatic rings. The van der Waals surface area contributed by atoms with E-state index in [0.717, 1.165) is 34.1 Å². The van der Waals surface area contributed by atoms with Gasteiger partial charge in [-0.2, -0.15) is 0 Å². The lowest BCUT2D eigenvalue weighted by Gasteiger charge is -2.30. The largest absolute Gasteiger partial charge is 0.310 e. The zero-order valence-electron chi connectivity index (χ0n) is 71.3. The third-order valence-electron chi connectivity index (χ3n) is 22.6. The number of aryl methyl sites for hydroxylation is 9. The average Bonchev–Trinajstić information content (AvgIpc) is 1.58. The number of rotatable bonds is 13. The van der Waals surface area contributed by atoms with E-state index in [4.69, 9.17) is 0 Å². The first kappa shape index (κ1) is 80.2. The van der Waals surface area contributed by atoms with Gasteiger partial charge in [0, 0.05) is 101 Å². The molecule has 0 saturated heterocycles. The Hall–Kier alpha value is -15.2. The fraction of sp³-hybridized carbons (Fsp3) is 0.0769. The highest BCUT2D eigenvalue weighted by Gasteiger charge is 2.21. The van der Waals surface area contributed by atoms with Crippen LogP contribution in [-0.2, 0) is 0 Å². The second kappa shape index (κ2) is 36.5. The van der Waals surface area contributed by atoms with E-state index in [9.17, 15) is 0 Å². The Kier molecular flexibility index (Phi) is 23.8. The Morgan fingerprint density at radius 2 is 0.407 bits per heavy atom. The first-order chi connectivity index (χ1) is 60.2. The van der Waals surface area contributed by atoms with E-state index < -0.39 is 0 Å². The maximum absolute atomic E-state index is 2.36. The van der Waals surface area contributed by atoms with Crippen LogP contribution in [-0.4, -0.2) is 13.7 Å². The van der Waals surface area contributed by atoms with Crippen LogP contribution in [0.1, 0.15) is 50.1 Å². The van der Waals surface area contributed by atoms with E-state index in [1.165, 1.54) is 161 Å². The molecular weight excluding hydrogens is 1490 g/mol. The van der Waals surface area contributed by atoms with Crippen molar-refractivity contribution >= 4 is 117 Å². The number of hydrogen-bond acceptors (Lipinski definition) is 3. The predicted octanol–water partition coefficient (Wildman–Crippen LogP) is 32.6. The summed E-state index contributed by atoms with van der Waals surface area (Å²) in [6.07, 6.45) is 0. The highest BCUT2D eigenvalue weighted by atomic mass is 15.2. The molecule has 0 saturated carbocycles. The van der Waals surface area contributed by atoms with Crippen molar-refractivity contribution in [1.82, 2.24) is 13.7 Å². The fourth-order valence-corrected chi connectivity index (χ4v) is 17.1. The van der Waals surface area contributed by atoms with Crippen LogP contribution in [0.3, 0.4) is 0 Å². The van der Waals surface area contributed by atoms with Crippen LogP contribution in [0.4, 0.5) is 51.2 Å². The van der Waals surface area contributed by atoms with Crippen molar-refractivity contribution in [3.63, 3.8) is 0 Å². The Labute approximate surface area is 723 Å². The van der Waals surface area contributed by atoms with Crippen molar-refractivity contribution in [3.05, 3.63) is 493 Å².